The predicted molar refractivity (Wildman–Crippen MR) is 93.7 cm³/mol. The van der Waals surface area contributed by atoms with Crippen LogP contribution in [-0.2, 0) is 4.79 Å². The first-order valence-corrected chi connectivity index (χ1v) is 8.47. The third-order valence-electron chi connectivity index (χ3n) is 4.40. The zero-order chi connectivity index (χ0) is 16.8. The summed E-state index contributed by atoms with van der Waals surface area (Å²) in [6, 6.07) is 0. The molecule has 0 aliphatic heterocycles. The fourth-order valence-electron chi connectivity index (χ4n) is 2.84. The van der Waals surface area contributed by atoms with Crippen LogP contribution in [0.3, 0.4) is 0 Å². The number of allylic oxidation sites excluding steroid dienone is 5. The zero-order valence-corrected chi connectivity index (χ0v) is 14.9. The molecule has 0 spiro atoms. The molecule has 1 aliphatic carbocycles. The van der Waals surface area contributed by atoms with Crippen molar-refractivity contribution in [2.45, 2.75) is 72.3 Å². The van der Waals surface area contributed by atoms with Crippen LogP contribution in [0.4, 0.5) is 0 Å². The summed E-state index contributed by atoms with van der Waals surface area (Å²) in [5.74, 6) is 0.974. The molecule has 2 nitrogen and oxygen atoms in total. The quantitative estimate of drug-likeness (QED) is 0.693. The second kappa shape index (κ2) is 8.47. The van der Waals surface area contributed by atoms with E-state index in [4.69, 9.17) is 0 Å². The monoisotopic (exact) mass is 304 g/mol. The lowest BCUT2D eigenvalue weighted by atomic mass is 9.86. The van der Waals surface area contributed by atoms with Crippen LogP contribution in [0.15, 0.2) is 35.5 Å². The Kier molecular flexibility index (Phi) is 7.28. The second-order valence-electron chi connectivity index (χ2n) is 7.39. The minimum absolute atomic E-state index is 0.00556. The minimum Gasteiger partial charge on any atom is -0.386 e. The molecule has 0 aromatic rings. The van der Waals surface area contributed by atoms with Crippen molar-refractivity contribution in [3.8, 4) is 0 Å². The van der Waals surface area contributed by atoms with Gasteiger partial charge < -0.3 is 5.11 Å². The number of hydrogen-bond donors (Lipinski definition) is 1. The molecule has 2 heteroatoms. The third-order valence-corrected chi connectivity index (χ3v) is 4.40. The summed E-state index contributed by atoms with van der Waals surface area (Å²) in [5.41, 5.74) is 1.45. The number of aliphatic hydroxyl groups is 1. The topological polar surface area (TPSA) is 37.3 Å². The lowest BCUT2D eigenvalue weighted by molar-refractivity contribution is -0.117. The van der Waals surface area contributed by atoms with Crippen LogP contribution in [0.2, 0.25) is 0 Å². The van der Waals surface area contributed by atoms with Gasteiger partial charge in [0.25, 0.3) is 0 Å². The number of hydrogen-bond acceptors (Lipinski definition) is 2. The molecular formula is C20H32O2. The smallest absolute Gasteiger partial charge is 0.158 e. The summed E-state index contributed by atoms with van der Waals surface area (Å²) in [4.78, 5) is 12.1. The maximum absolute atomic E-state index is 12.1. The zero-order valence-electron chi connectivity index (χ0n) is 14.9. The van der Waals surface area contributed by atoms with Crippen LogP contribution >= 0.6 is 0 Å². The molecule has 0 heterocycles. The number of carbonyl (C=O) groups excluding carboxylic acids is 1. The van der Waals surface area contributed by atoms with Gasteiger partial charge >= 0.3 is 0 Å². The number of carbonyl (C=O) groups is 1. The predicted octanol–water partition coefficient (Wildman–Crippen LogP) is 4.99. The van der Waals surface area contributed by atoms with Gasteiger partial charge in [-0.25, -0.2) is 0 Å². The Labute approximate surface area is 136 Å². The van der Waals surface area contributed by atoms with E-state index in [1.165, 1.54) is 5.57 Å². The second-order valence-corrected chi connectivity index (χ2v) is 7.39. The average molecular weight is 304 g/mol. The summed E-state index contributed by atoms with van der Waals surface area (Å²) >= 11 is 0. The first kappa shape index (κ1) is 18.9. The van der Waals surface area contributed by atoms with E-state index < -0.39 is 5.60 Å². The van der Waals surface area contributed by atoms with Crippen LogP contribution in [0.1, 0.15) is 66.7 Å². The Morgan fingerprint density at radius 1 is 1.23 bits per heavy atom. The van der Waals surface area contributed by atoms with Crippen molar-refractivity contribution in [1.29, 1.82) is 0 Å². The molecule has 22 heavy (non-hydrogen) atoms. The van der Waals surface area contributed by atoms with Crippen LogP contribution in [0.25, 0.3) is 0 Å². The minimum atomic E-state index is -1.06. The van der Waals surface area contributed by atoms with Crippen molar-refractivity contribution in [2.24, 2.45) is 11.8 Å². The molecule has 2 atom stereocenters. The van der Waals surface area contributed by atoms with E-state index in [1.54, 1.807) is 13.0 Å². The fraction of sp³-hybridized carbons (Fsp3) is 0.650. The van der Waals surface area contributed by atoms with Crippen molar-refractivity contribution < 1.29 is 9.90 Å². The molecule has 1 N–H and O–H groups in total. The Morgan fingerprint density at radius 3 is 2.55 bits per heavy atom. The summed E-state index contributed by atoms with van der Waals surface area (Å²) < 4.78 is 0. The number of rotatable bonds is 1. The molecule has 0 bridgehead atoms. The molecule has 1 rings (SSSR count). The van der Waals surface area contributed by atoms with E-state index in [-0.39, 0.29) is 12.2 Å². The Hall–Kier alpha value is -1.15. The standard InChI is InChI=1S/C20H32O2/c1-15(2)18-10-9-16(3)7-6-8-17(4)13-19(21)14-20(5,22)12-11-18/h7,11-13,15,18,22H,6,8-10,14H2,1-5H3/b12-11+,16-7-,17-13-/t18?,20-/m1/s1. The highest BCUT2D eigenvalue weighted by molar-refractivity contribution is 5.91. The van der Waals surface area contributed by atoms with Gasteiger partial charge in [-0.3, -0.25) is 4.79 Å². The molecule has 1 aliphatic rings. The normalized spacial score (nSPS) is 35.2. The van der Waals surface area contributed by atoms with Crippen molar-refractivity contribution >= 4 is 5.78 Å². The summed E-state index contributed by atoms with van der Waals surface area (Å²) in [5, 5.41) is 10.4. The van der Waals surface area contributed by atoms with E-state index in [0.717, 1.165) is 31.3 Å². The third kappa shape index (κ3) is 7.22. The largest absolute Gasteiger partial charge is 0.386 e. The summed E-state index contributed by atoms with van der Waals surface area (Å²) in [6.07, 6.45) is 12.2. The molecule has 124 valence electrons. The summed E-state index contributed by atoms with van der Waals surface area (Å²) in [6.45, 7) is 10.3. The van der Waals surface area contributed by atoms with Crippen molar-refractivity contribution in [2.75, 3.05) is 0 Å². The van der Waals surface area contributed by atoms with Gasteiger partial charge in [0.1, 0.15) is 0 Å². The molecule has 0 aromatic carbocycles. The molecule has 0 fully saturated rings. The van der Waals surface area contributed by atoms with E-state index in [1.807, 2.05) is 13.0 Å². The van der Waals surface area contributed by atoms with Crippen LogP contribution < -0.4 is 0 Å². The average Bonchev–Trinajstić information content (AvgIpc) is 2.36. The number of ketones is 1. The highest BCUT2D eigenvalue weighted by Crippen LogP contribution is 2.24. The van der Waals surface area contributed by atoms with E-state index in [2.05, 4.69) is 32.9 Å². The van der Waals surface area contributed by atoms with Gasteiger partial charge in [0.05, 0.1) is 5.60 Å². The molecule has 1 unspecified atom stereocenters. The Morgan fingerprint density at radius 2 is 1.91 bits per heavy atom. The van der Waals surface area contributed by atoms with Crippen LogP contribution in [-0.4, -0.2) is 16.5 Å². The Balaban J connectivity index is 2.99. The summed E-state index contributed by atoms with van der Waals surface area (Å²) in [7, 11) is 0. The highest BCUT2D eigenvalue weighted by Gasteiger charge is 2.21. The van der Waals surface area contributed by atoms with Gasteiger partial charge in [-0.15, -0.1) is 0 Å². The first-order chi connectivity index (χ1) is 10.2. The highest BCUT2D eigenvalue weighted by atomic mass is 16.3. The SMILES string of the molecule is C/C1=C/C(=O)C[C@](C)(O)/C=C/C(C(C)C)CC/C(C)=C\CC1. The van der Waals surface area contributed by atoms with Crippen molar-refractivity contribution in [3.63, 3.8) is 0 Å². The van der Waals surface area contributed by atoms with E-state index in [0.29, 0.717) is 11.8 Å². The lowest BCUT2D eigenvalue weighted by Crippen LogP contribution is -2.25. The van der Waals surface area contributed by atoms with Gasteiger partial charge in [0.15, 0.2) is 5.78 Å². The molecule has 0 amide bonds. The maximum atomic E-state index is 12.1. The molecule has 0 saturated carbocycles. The first-order valence-electron chi connectivity index (χ1n) is 8.47. The van der Waals surface area contributed by atoms with Crippen molar-refractivity contribution in [3.05, 3.63) is 35.5 Å². The van der Waals surface area contributed by atoms with Gasteiger partial charge in [-0.05, 0) is 64.4 Å². The van der Waals surface area contributed by atoms with Gasteiger partial charge in [-0.1, -0.05) is 43.2 Å². The fourth-order valence-corrected chi connectivity index (χ4v) is 2.84. The van der Waals surface area contributed by atoms with Gasteiger partial charge in [0.2, 0.25) is 0 Å². The lowest BCUT2D eigenvalue weighted by Gasteiger charge is -2.22. The van der Waals surface area contributed by atoms with E-state index in [9.17, 15) is 9.90 Å². The molecule has 0 radical (unpaired) electrons. The van der Waals surface area contributed by atoms with Gasteiger partial charge in [0, 0.05) is 6.42 Å². The molecule has 0 aromatic heterocycles. The van der Waals surface area contributed by atoms with Crippen molar-refractivity contribution in [1.82, 2.24) is 0 Å². The van der Waals surface area contributed by atoms with Gasteiger partial charge in [-0.2, -0.15) is 0 Å². The van der Waals surface area contributed by atoms with Crippen LogP contribution in [0, 0.1) is 11.8 Å². The van der Waals surface area contributed by atoms with Crippen LogP contribution in [0.5, 0.6) is 0 Å². The maximum Gasteiger partial charge on any atom is 0.158 e. The van der Waals surface area contributed by atoms with E-state index >= 15 is 0 Å². The molecule has 0 saturated heterocycles. The molecular weight excluding hydrogens is 272 g/mol. The Bertz CT molecular complexity index is 464.